The van der Waals surface area contributed by atoms with Crippen molar-refractivity contribution in [1.29, 1.82) is 0 Å². The molecule has 25 heavy (non-hydrogen) atoms. The third kappa shape index (κ3) is 4.49. The second-order valence-corrected chi connectivity index (χ2v) is 8.17. The summed E-state index contributed by atoms with van der Waals surface area (Å²) in [4.78, 5) is 13.9. The highest BCUT2D eigenvalue weighted by molar-refractivity contribution is 7.89. The van der Waals surface area contributed by atoms with E-state index in [2.05, 4.69) is 10.0 Å². The van der Waals surface area contributed by atoms with Crippen LogP contribution in [0.15, 0.2) is 29.2 Å². The number of halogens is 2. The Morgan fingerprint density at radius 3 is 2.68 bits per heavy atom. The molecule has 0 spiro atoms. The van der Waals surface area contributed by atoms with Crippen molar-refractivity contribution in [1.82, 2.24) is 14.9 Å². The maximum absolute atomic E-state index is 13.7. The first-order valence-corrected chi connectivity index (χ1v) is 9.67. The van der Waals surface area contributed by atoms with Crippen molar-refractivity contribution < 1.29 is 17.6 Å². The second-order valence-electron chi connectivity index (χ2n) is 6.48. The van der Waals surface area contributed by atoms with Gasteiger partial charge in [-0.1, -0.05) is 12.1 Å². The van der Waals surface area contributed by atoms with E-state index in [1.54, 1.807) is 4.90 Å². The molecule has 2 saturated heterocycles. The number of carbonyl (C=O) groups is 1. The van der Waals surface area contributed by atoms with Gasteiger partial charge >= 0.3 is 0 Å². The van der Waals surface area contributed by atoms with Gasteiger partial charge in [-0.05, 0) is 38.3 Å². The van der Waals surface area contributed by atoms with E-state index in [1.807, 2.05) is 0 Å². The highest BCUT2D eigenvalue weighted by Crippen LogP contribution is 2.21. The number of amides is 1. The summed E-state index contributed by atoms with van der Waals surface area (Å²) in [6, 6.07) is 4.91. The first-order valence-electron chi connectivity index (χ1n) is 8.18. The zero-order valence-electron chi connectivity index (χ0n) is 13.9. The molecule has 6 nitrogen and oxygen atoms in total. The molecule has 2 aliphatic heterocycles. The van der Waals surface area contributed by atoms with Crippen molar-refractivity contribution in [2.24, 2.45) is 0 Å². The van der Waals surface area contributed by atoms with Crippen molar-refractivity contribution in [3.63, 3.8) is 0 Å². The molecule has 2 N–H and O–H groups in total. The van der Waals surface area contributed by atoms with E-state index in [-0.39, 0.29) is 24.4 Å². The van der Waals surface area contributed by atoms with Crippen LogP contribution >= 0.6 is 12.4 Å². The van der Waals surface area contributed by atoms with Crippen LogP contribution in [-0.2, 0) is 14.8 Å². The van der Waals surface area contributed by atoms with Gasteiger partial charge in [-0.25, -0.2) is 12.8 Å². The average Bonchev–Trinajstić information content (AvgIpc) is 2.85. The molecule has 2 bridgehead atoms. The van der Waals surface area contributed by atoms with E-state index in [9.17, 15) is 17.6 Å². The maximum Gasteiger partial charge on any atom is 0.244 e. The highest BCUT2D eigenvalue weighted by atomic mass is 35.5. The van der Waals surface area contributed by atoms with Gasteiger partial charge in [-0.15, -0.1) is 12.4 Å². The van der Waals surface area contributed by atoms with Crippen molar-refractivity contribution in [3.05, 3.63) is 30.1 Å². The van der Waals surface area contributed by atoms with Gasteiger partial charge in [-0.3, -0.25) is 4.79 Å². The van der Waals surface area contributed by atoms with Crippen LogP contribution in [0.3, 0.4) is 0 Å². The number of benzene rings is 1. The summed E-state index contributed by atoms with van der Waals surface area (Å²) in [7, 11) is -4.08. The Balaban J connectivity index is 0.00000225. The molecule has 3 rings (SSSR count). The number of hydrogen-bond donors (Lipinski definition) is 2. The van der Waals surface area contributed by atoms with Gasteiger partial charge in [0.2, 0.25) is 15.9 Å². The monoisotopic (exact) mass is 391 g/mol. The van der Waals surface area contributed by atoms with E-state index in [4.69, 9.17) is 0 Å². The van der Waals surface area contributed by atoms with Gasteiger partial charge in [0.15, 0.2) is 0 Å². The second kappa shape index (κ2) is 7.99. The van der Waals surface area contributed by atoms with E-state index < -0.39 is 26.8 Å². The fraction of sp³-hybridized carbons (Fsp3) is 0.562. The van der Waals surface area contributed by atoms with Crippen LogP contribution in [-0.4, -0.2) is 50.4 Å². The molecule has 1 aromatic rings. The van der Waals surface area contributed by atoms with Gasteiger partial charge in [-0.2, -0.15) is 4.72 Å². The Bertz CT molecular complexity index is 731. The van der Waals surface area contributed by atoms with Crippen LogP contribution < -0.4 is 10.0 Å². The topological polar surface area (TPSA) is 78.5 Å². The van der Waals surface area contributed by atoms with Crippen LogP contribution in [0.4, 0.5) is 4.39 Å². The maximum atomic E-state index is 13.7. The lowest BCUT2D eigenvalue weighted by molar-refractivity contribution is -0.132. The number of sulfonamides is 1. The summed E-state index contributed by atoms with van der Waals surface area (Å²) < 4.78 is 40.6. The molecule has 2 heterocycles. The van der Waals surface area contributed by atoms with Gasteiger partial charge in [0.05, 0.1) is 6.04 Å². The smallest absolute Gasteiger partial charge is 0.244 e. The SMILES string of the molecule is CC(NS(=O)(=O)c1ccccc1F)C(=O)N1CCC2CCC(C1)N2.Cl. The van der Waals surface area contributed by atoms with Gasteiger partial charge in [0.1, 0.15) is 10.7 Å². The summed E-state index contributed by atoms with van der Waals surface area (Å²) in [6.45, 7) is 2.69. The number of rotatable bonds is 4. The molecule has 1 aromatic carbocycles. The molecular formula is C16H23ClFN3O3S. The molecule has 1 amide bonds. The minimum Gasteiger partial charge on any atom is -0.340 e. The molecule has 0 aliphatic carbocycles. The predicted molar refractivity (Wildman–Crippen MR) is 94.6 cm³/mol. The largest absolute Gasteiger partial charge is 0.340 e. The van der Waals surface area contributed by atoms with Crippen LogP contribution in [0.1, 0.15) is 26.2 Å². The number of likely N-dealkylation sites (tertiary alicyclic amines) is 1. The quantitative estimate of drug-likeness (QED) is 0.810. The zero-order chi connectivity index (χ0) is 17.3. The lowest BCUT2D eigenvalue weighted by Crippen LogP contribution is -2.49. The fourth-order valence-electron chi connectivity index (χ4n) is 3.43. The van der Waals surface area contributed by atoms with Crippen LogP contribution in [0, 0.1) is 5.82 Å². The van der Waals surface area contributed by atoms with E-state index >= 15 is 0 Å². The minimum absolute atomic E-state index is 0. The normalized spacial score (nSPS) is 24.3. The van der Waals surface area contributed by atoms with Crippen LogP contribution in [0.2, 0.25) is 0 Å². The Labute approximate surface area is 153 Å². The lowest BCUT2D eigenvalue weighted by atomic mass is 10.1. The number of fused-ring (bicyclic) bond motifs is 2. The number of nitrogens with zero attached hydrogens (tertiary/aromatic N) is 1. The van der Waals surface area contributed by atoms with Gasteiger partial charge in [0, 0.05) is 25.2 Å². The molecule has 140 valence electrons. The first-order chi connectivity index (χ1) is 11.4. The molecule has 2 aliphatic rings. The first kappa shape index (κ1) is 20.1. The predicted octanol–water partition coefficient (Wildman–Crippen LogP) is 1.27. The van der Waals surface area contributed by atoms with E-state index in [0.29, 0.717) is 19.1 Å². The summed E-state index contributed by atoms with van der Waals surface area (Å²) in [5, 5.41) is 3.48. The lowest BCUT2D eigenvalue weighted by Gasteiger charge is -2.27. The molecular weight excluding hydrogens is 369 g/mol. The third-order valence-electron chi connectivity index (χ3n) is 4.66. The summed E-state index contributed by atoms with van der Waals surface area (Å²) >= 11 is 0. The molecule has 2 fully saturated rings. The zero-order valence-corrected chi connectivity index (χ0v) is 15.6. The van der Waals surface area contributed by atoms with Crippen molar-refractivity contribution in [3.8, 4) is 0 Å². The van der Waals surface area contributed by atoms with E-state index in [0.717, 1.165) is 25.3 Å². The molecule has 3 atom stereocenters. The Morgan fingerprint density at radius 2 is 1.96 bits per heavy atom. The average molecular weight is 392 g/mol. The minimum atomic E-state index is -4.08. The van der Waals surface area contributed by atoms with Gasteiger partial charge < -0.3 is 10.2 Å². The summed E-state index contributed by atoms with van der Waals surface area (Å²) in [5.41, 5.74) is 0. The number of nitrogens with one attached hydrogen (secondary N) is 2. The van der Waals surface area contributed by atoms with Gasteiger partial charge in [0.25, 0.3) is 0 Å². The Morgan fingerprint density at radius 1 is 1.28 bits per heavy atom. The Hall–Kier alpha value is -1.22. The van der Waals surface area contributed by atoms with Crippen LogP contribution in [0.25, 0.3) is 0 Å². The molecule has 3 unspecified atom stereocenters. The Kier molecular flexibility index (Phi) is 6.42. The van der Waals surface area contributed by atoms with Crippen molar-refractivity contribution in [2.75, 3.05) is 13.1 Å². The molecule has 0 saturated carbocycles. The number of hydrogen-bond acceptors (Lipinski definition) is 4. The molecule has 0 radical (unpaired) electrons. The standard InChI is InChI=1S/C16H22FN3O3S.ClH/c1-11(19-24(22,23)15-5-3-2-4-14(15)17)16(21)20-9-8-12-6-7-13(10-20)18-12;/h2-5,11-13,18-19H,6-10H2,1H3;1H. The van der Waals surface area contributed by atoms with E-state index in [1.165, 1.54) is 25.1 Å². The molecule has 9 heteroatoms. The van der Waals surface area contributed by atoms with Crippen molar-refractivity contribution >= 4 is 28.3 Å². The van der Waals surface area contributed by atoms with Crippen LogP contribution in [0.5, 0.6) is 0 Å². The molecule has 0 aromatic heterocycles. The van der Waals surface area contributed by atoms with Crippen molar-refractivity contribution in [2.45, 2.75) is 49.2 Å². The summed E-state index contributed by atoms with van der Waals surface area (Å²) in [6.07, 6.45) is 3.03. The highest BCUT2D eigenvalue weighted by Gasteiger charge is 2.34. The summed E-state index contributed by atoms with van der Waals surface area (Å²) in [5.74, 6) is -1.11. The third-order valence-corrected chi connectivity index (χ3v) is 6.24. The number of carbonyl (C=O) groups excluding carboxylic acids is 1. The fourth-order valence-corrected chi connectivity index (χ4v) is 4.70.